The first-order valence-electron chi connectivity index (χ1n) is 7.10. The van der Waals surface area contributed by atoms with Crippen LogP contribution in [-0.2, 0) is 6.42 Å². The average Bonchev–Trinajstić information content (AvgIpc) is 2.49. The molecule has 100 valence electrons. The predicted molar refractivity (Wildman–Crippen MR) is 76.0 cm³/mol. The normalized spacial score (nSPS) is 19.7. The molecule has 0 unspecified atom stereocenters. The number of aromatic nitrogens is 2. The summed E-state index contributed by atoms with van der Waals surface area (Å²) in [5.74, 6) is 2.02. The van der Waals surface area contributed by atoms with Crippen molar-refractivity contribution in [2.75, 3.05) is 18.0 Å². The molecule has 1 aliphatic rings. The molecule has 0 aliphatic carbocycles. The Balaban J connectivity index is 2.18. The zero-order valence-corrected chi connectivity index (χ0v) is 12.2. The molecule has 1 fully saturated rings. The summed E-state index contributed by atoms with van der Waals surface area (Å²) in [6, 6.07) is 2.16. The topological polar surface area (TPSA) is 29.0 Å². The van der Waals surface area contributed by atoms with E-state index in [-0.39, 0.29) is 0 Å². The number of hydrogen-bond acceptors (Lipinski definition) is 3. The van der Waals surface area contributed by atoms with Crippen molar-refractivity contribution in [2.45, 2.75) is 53.4 Å². The summed E-state index contributed by atoms with van der Waals surface area (Å²) >= 11 is 0. The third-order valence-corrected chi connectivity index (χ3v) is 3.90. The molecule has 2 rings (SSSR count). The van der Waals surface area contributed by atoms with Crippen molar-refractivity contribution in [3.8, 4) is 0 Å². The van der Waals surface area contributed by atoms with Gasteiger partial charge in [-0.25, -0.2) is 9.97 Å². The maximum atomic E-state index is 4.61. The quantitative estimate of drug-likeness (QED) is 0.802. The van der Waals surface area contributed by atoms with Crippen molar-refractivity contribution in [2.24, 2.45) is 5.41 Å². The van der Waals surface area contributed by atoms with Gasteiger partial charge in [-0.15, -0.1) is 0 Å². The molecule has 18 heavy (non-hydrogen) atoms. The lowest BCUT2D eigenvalue weighted by Gasteiger charge is -2.24. The van der Waals surface area contributed by atoms with Gasteiger partial charge in [-0.3, -0.25) is 0 Å². The smallest absolute Gasteiger partial charge is 0.132 e. The molecule has 0 atom stereocenters. The molecule has 0 saturated carbocycles. The Morgan fingerprint density at radius 1 is 1.22 bits per heavy atom. The molecule has 1 aromatic rings. The van der Waals surface area contributed by atoms with Gasteiger partial charge in [0, 0.05) is 24.8 Å². The van der Waals surface area contributed by atoms with Crippen LogP contribution in [0.4, 0.5) is 5.82 Å². The van der Waals surface area contributed by atoms with Crippen LogP contribution < -0.4 is 4.90 Å². The van der Waals surface area contributed by atoms with Crippen LogP contribution in [0.3, 0.4) is 0 Å². The Kier molecular flexibility index (Phi) is 3.88. The Labute approximate surface area is 111 Å². The SMILES string of the molecule is CCc1cc(N2CCCC(C)(C)CC2)nc(C)n1. The fourth-order valence-corrected chi connectivity index (χ4v) is 2.61. The van der Waals surface area contributed by atoms with Crippen molar-refractivity contribution in [3.63, 3.8) is 0 Å². The second-order valence-corrected chi connectivity index (χ2v) is 6.12. The van der Waals surface area contributed by atoms with E-state index in [4.69, 9.17) is 0 Å². The predicted octanol–water partition coefficient (Wildman–Crippen LogP) is 3.36. The standard InChI is InChI=1S/C15H25N3/c1-5-13-11-14(17-12(2)16-13)18-9-6-7-15(3,4)8-10-18/h11H,5-10H2,1-4H3. The van der Waals surface area contributed by atoms with E-state index < -0.39 is 0 Å². The van der Waals surface area contributed by atoms with E-state index >= 15 is 0 Å². The van der Waals surface area contributed by atoms with Crippen molar-refractivity contribution in [1.29, 1.82) is 0 Å². The minimum absolute atomic E-state index is 0.477. The number of hydrogen-bond donors (Lipinski definition) is 0. The van der Waals surface area contributed by atoms with Crippen molar-refractivity contribution >= 4 is 5.82 Å². The lowest BCUT2D eigenvalue weighted by molar-refractivity contribution is 0.325. The summed E-state index contributed by atoms with van der Waals surface area (Å²) in [6.07, 6.45) is 4.80. The summed E-state index contributed by atoms with van der Waals surface area (Å²) in [4.78, 5) is 11.5. The summed E-state index contributed by atoms with van der Waals surface area (Å²) in [5.41, 5.74) is 1.63. The average molecular weight is 247 g/mol. The zero-order chi connectivity index (χ0) is 13.2. The van der Waals surface area contributed by atoms with Gasteiger partial charge in [0.15, 0.2) is 0 Å². The first-order chi connectivity index (χ1) is 8.50. The van der Waals surface area contributed by atoms with E-state index in [9.17, 15) is 0 Å². The fraction of sp³-hybridized carbons (Fsp3) is 0.733. The molecular weight excluding hydrogens is 222 g/mol. The van der Waals surface area contributed by atoms with Gasteiger partial charge in [0.2, 0.25) is 0 Å². The van der Waals surface area contributed by atoms with Gasteiger partial charge in [-0.1, -0.05) is 20.8 Å². The molecule has 0 amide bonds. The molecule has 2 heterocycles. The second-order valence-electron chi connectivity index (χ2n) is 6.12. The number of rotatable bonds is 2. The number of anilines is 1. The monoisotopic (exact) mass is 247 g/mol. The molecule has 0 N–H and O–H groups in total. The van der Waals surface area contributed by atoms with Crippen LogP contribution in [0.1, 0.15) is 51.6 Å². The first kappa shape index (κ1) is 13.3. The van der Waals surface area contributed by atoms with Crippen LogP contribution in [0, 0.1) is 12.3 Å². The van der Waals surface area contributed by atoms with Gasteiger partial charge in [0.25, 0.3) is 0 Å². The maximum Gasteiger partial charge on any atom is 0.132 e. The van der Waals surface area contributed by atoms with Crippen molar-refractivity contribution in [3.05, 3.63) is 17.6 Å². The van der Waals surface area contributed by atoms with Crippen LogP contribution in [0.5, 0.6) is 0 Å². The summed E-state index contributed by atoms with van der Waals surface area (Å²) in [5, 5.41) is 0. The Morgan fingerprint density at radius 3 is 2.72 bits per heavy atom. The molecule has 3 heteroatoms. The molecular formula is C15H25N3. The van der Waals surface area contributed by atoms with Gasteiger partial charge < -0.3 is 4.90 Å². The molecule has 3 nitrogen and oxygen atoms in total. The van der Waals surface area contributed by atoms with Crippen LogP contribution in [0.25, 0.3) is 0 Å². The third kappa shape index (κ3) is 3.21. The first-order valence-corrected chi connectivity index (χ1v) is 7.10. The molecule has 1 aromatic heterocycles. The molecule has 1 saturated heterocycles. The summed E-state index contributed by atoms with van der Waals surface area (Å²) in [7, 11) is 0. The highest BCUT2D eigenvalue weighted by atomic mass is 15.2. The maximum absolute atomic E-state index is 4.61. The molecule has 0 bridgehead atoms. The Morgan fingerprint density at radius 2 is 2.00 bits per heavy atom. The molecule has 0 aromatic carbocycles. The van der Waals surface area contributed by atoms with Crippen LogP contribution in [0.15, 0.2) is 6.07 Å². The van der Waals surface area contributed by atoms with E-state index in [2.05, 4.69) is 41.7 Å². The lowest BCUT2D eigenvalue weighted by atomic mass is 9.85. The van der Waals surface area contributed by atoms with Crippen LogP contribution in [0.2, 0.25) is 0 Å². The van der Waals surface area contributed by atoms with Crippen molar-refractivity contribution < 1.29 is 0 Å². The Hall–Kier alpha value is -1.12. The minimum Gasteiger partial charge on any atom is -0.356 e. The molecule has 0 spiro atoms. The van der Waals surface area contributed by atoms with Gasteiger partial charge in [0.05, 0.1) is 0 Å². The highest BCUT2D eigenvalue weighted by molar-refractivity contribution is 5.40. The molecule has 0 radical (unpaired) electrons. The summed E-state index contributed by atoms with van der Waals surface area (Å²) in [6.45, 7) is 11.1. The van der Waals surface area contributed by atoms with E-state index in [1.807, 2.05) is 6.92 Å². The third-order valence-electron chi connectivity index (χ3n) is 3.90. The van der Waals surface area contributed by atoms with Gasteiger partial charge >= 0.3 is 0 Å². The fourth-order valence-electron chi connectivity index (χ4n) is 2.61. The minimum atomic E-state index is 0.477. The van der Waals surface area contributed by atoms with Crippen LogP contribution >= 0.6 is 0 Å². The number of nitrogens with zero attached hydrogens (tertiary/aromatic N) is 3. The highest BCUT2D eigenvalue weighted by Gasteiger charge is 2.23. The summed E-state index contributed by atoms with van der Waals surface area (Å²) < 4.78 is 0. The highest BCUT2D eigenvalue weighted by Crippen LogP contribution is 2.31. The largest absolute Gasteiger partial charge is 0.356 e. The molecule has 1 aliphatic heterocycles. The number of aryl methyl sites for hydroxylation is 2. The van der Waals surface area contributed by atoms with E-state index in [0.29, 0.717) is 5.41 Å². The Bertz CT molecular complexity index is 412. The van der Waals surface area contributed by atoms with Gasteiger partial charge in [0.1, 0.15) is 11.6 Å². The van der Waals surface area contributed by atoms with Crippen molar-refractivity contribution in [1.82, 2.24) is 9.97 Å². The van der Waals surface area contributed by atoms with E-state index in [1.165, 1.54) is 19.3 Å². The second kappa shape index (κ2) is 5.25. The van der Waals surface area contributed by atoms with E-state index in [0.717, 1.165) is 36.8 Å². The lowest BCUT2D eigenvalue weighted by Crippen LogP contribution is -2.26. The van der Waals surface area contributed by atoms with Crippen LogP contribution in [-0.4, -0.2) is 23.1 Å². The van der Waals surface area contributed by atoms with Gasteiger partial charge in [-0.2, -0.15) is 0 Å². The van der Waals surface area contributed by atoms with E-state index in [1.54, 1.807) is 0 Å². The van der Waals surface area contributed by atoms with Gasteiger partial charge in [-0.05, 0) is 38.0 Å². The zero-order valence-electron chi connectivity index (χ0n) is 12.2.